The van der Waals surface area contributed by atoms with Gasteiger partial charge >= 0.3 is 12.1 Å². The number of methoxy groups -OCH3 is 1. The number of rotatable bonds is 6. The predicted octanol–water partition coefficient (Wildman–Crippen LogP) is 0.299. The van der Waals surface area contributed by atoms with E-state index in [4.69, 9.17) is 5.11 Å². The molecule has 1 atom stereocenters. The summed E-state index contributed by atoms with van der Waals surface area (Å²) in [5.74, 6) is -0.772. The SMILES string of the molecule is CCOC(=O)N/C(=C\C[PH](=O)CO)C(=O)OC. The van der Waals surface area contributed by atoms with Gasteiger partial charge in [0.15, 0.2) is 0 Å². The van der Waals surface area contributed by atoms with Crippen LogP contribution in [0, 0.1) is 0 Å². The van der Waals surface area contributed by atoms with Crippen LogP contribution in [0.3, 0.4) is 0 Å². The maximum absolute atomic E-state index is 11.2. The zero-order valence-electron chi connectivity index (χ0n) is 9.69. The Labute approximate surface area is 99.6 Å². The minimum Gasteiger partial charge on any atom is -0.464 e. The third kappa shape index (κ3) is 6.76. The molecular formula is C9H16NO6P. The van der Waals surface area contributed by atoms with Crippen LogP contribution in [0.15, 0.2) is 11.8 Å². The Morgan fingerprint density at radius 3 is 2.59 bits per heavy atom. The highest BCUT2D eigenvalue weighted by molar-refractivity contribution is 7.44. The van der Waals surface area contributed by atoms with Crippen molar-refractivity contribution >= 4 is 19.9 Å². The first-order valence-electron chi connectivity index (χ1n) is 4.89. The highest BCUT2D eigenvalue weighted by atomic mass is 31.1. The maximum Gasteiger partial charge on any atom is 0.411 e. The first kappa shape index (κ1) is 15.7. The molecule has 0 spiro atoms. The van der Waals surface area contributed by atoms with Gasteiger partial charge in [0, 0.05) is 6.16 Å². The van der Waals surface area contributed by atoms with Crippen molar-refractivity contribution in [2.75, 3.05) is 26.2 Å². The summed E-state index contributed by atoms with van der Waals surface area (Å²) in [4.78, 5) is 22.3. The monoisotopic (exact) mass is 265 g/mol. The third-order valence-corrected chi connectivity index (χ3v) is 2.64. The molecule has 0 fully saturated rings. The van der Waals surface area contributed by atoms with Crippen molar-refractivity contribution in [2.45, 2.75) is 6.92 Å². The van der Waals surface area contributed by atoms with E-state index >= 15 is 0 Å². The number of nitrogens with one attached hydrogen (secondary N) is 1. The highest BCUT2D eigenvalue weighted by Gasteiger charge is 2.13. The molecule has 1 unspecified atom stereocenters. The Balaban J connectivity index is 4.59. The van der Waals surface area contributed by atoms with Gasteiger partial charge in [0.05, 0.1) is 20.1 Å². The molecule has 0 aliphatic heterocycles. The van der Waals surface area contributed by atoms with Crippen LogP contribution in [-0.2, 0) is 18.8 Å². The van der Waals surface area contributed by atoms with Crippen LogP contribution in [0.5, 0.6) is 0 Å². The second-order valence-corrected chi connectivity index (χ2v) is 4.66. The average molecular weight is 265 g/mol. The molecule has 98 valence electrons. The molecule has 0 radical (unpaired) electrons. The molecule has 0 aromatic carbocycles. The van der Waals surface area contributed by atoms with Gasteiger partial charge in [-0.15, -0.1) is 0 Å². The zero-order valence-corrected chi connectivity index (χ0v) is 10.7. The Morgan fingerprint density at radius 1 is 1.47 bits per heavy atom. The highest BCUT2D eigenvalue weighted by Crippen LogP contribution is 2.18. The standard InChI is InChI=1S/C9H16NO6P/c1-3-16-9(13)10-7(8(12)15-2)4-5-17(14)6-11/h4,11,17H,3,5-6H2,1-2H3,(H,10,13)/b7-4-. The van der Waals surface area contributed by atoms with E-state index in [0.29, 0.717) is 0 Å². The molecule has 1 amide bonds. The number of carbonyl (C=O) groups is 2. The summed E-state index contributed by atoms with van der Waals surface area (Å²) >= 11 is 0. The van der Waals surface area contributed by atoms with Crippen LogP contribution in [0.2, 0.25) is 0 Å². The molecule has 0 rings (SSSR count). The summed E-state index contributed by atoms with van der Waals surface area (Å²) in [5, 5.41) is 10.8. The van der Waals surface area contributed by atoms with E-state index in [0.717, 1.165) is 7.11 Å². The van der Waals surface area contributed by atoms with E-state index in [1.54, 1.807) is 6.92 Å². The van der Waals surface area contributed by atoms with E-state index in [1.165, 1.54) is 6.08 Å². The van der Waals surface area contributed by atoms with Crippen LogP contribution < -0.4 is 5.32 Å². The Kier molecular flexibility index (Phi) is 8.09. The Bertz CT molecular complexity index is 327. The minimum atomic E-state index is -2.18. The van der Waals surface area contributed by atoms with Crippen molar-refractivity contribution in [1.29, 1.82) is 0 Å². The molecule has 0 aliphatic carbocycles. The lowest BCUT2D eigenvalue weighted by molar-refractivity contribution is -0.136. The van der Waals surface area contributed by atoms with Gasteiger partial charge in [-0.25, -0.2) is 9.59 Å². The molecular weight excluding hydrogens is 249 g/mol. The van der Waals surface area contributed by atoms with Crippen molar-refractivity contribution in [3.63, 3.8) is 0 Å². The van der Waals surface area contributed by atoms with Crippen molar-refractivity contribution in [1.82, 2.24) is 5.32 Å². The lowest BCUT2D eigenvalue weighted by Crippen LogP contribution is -2.28. The summed E-state index contributed by atoms with van der Waals surface area (Å²) < 4.78 is 20.0. The Morgan fingerprint density at radius 2 is 2.12 bits per heavy atom. The van der Waals surface area contributed by atoms with Gasteiger partial charge in [-0.3, -0.25) is 5.32 Å². The fourth-order valence-electron chi connectivity index (χ4n) is 0.853. The average Bonchev–Trinajstić information content (AvgIpc) is 2.33. The molecule has 0 aromatic rings. The normalized spacial score (nSPS) is 12.8. The minimum absolute atomic E-state index is 0.00198. The lowest BCUT2D eigenvalue weighted by Gasteiger charge is -2.07. The number of carbonyl (C=O) groups excluding carboxylic acids is 2. The summed E-state index contributed by atoms with van der Waals surface area (Å²) in [6.07, 6.45) is -0.0133. The lowest BCUT2D eigenvalue weighted by atomic mass is 10.4. The molecule has 2 N–H and O–H groups in total. The number of allylic oxidation sites excluding steroid dienone is 1. The van der Waals surface area contributed by atoms with E-state index < -0.39 is 26.2 Å². The zero-order chi connectivity index (χ0) is 13.3. The Hall–Kier alpha value is -1.33. The van der Waals surface area contributed by atoms with Gasteiger partial charge < -0.3 is 19.1 Å². The second kappa shape index (κ2) is 8.78. The molecule has 0 saturated heterocycles. The van der Waals surface area contributed by atoms with Gasteiger partial charge in [-0.2, -0.15) is 0 Å². The maximum atomic E-state index is 11.2. The predicted molar refractivity (Wildman–Crippen MR) is 61.2 cm³/mol. The fraction of sp³-hybridized carbons (Fsp3) is 0.556. The van der Waals surface area contributed by atoms with Crippen molar-refractivity contribution in [3.8, 4) is 0 Å². The van der Waals surface area contributed by atoms with Crippen molar-refractivity contribution in [3.05, 3.63) is 11.8 Å². The quantitative estimate of drug-likeness (QED) is 0.407. The summed E-state index contributed by atoms with van der Waals surface area (Å²) in [6, 6.07) is 0. The fourth-order valence-corrected chi connectivity index (χ4v) is 1.41. The molecule has 0 aromatic heterocycles. The molecule has 0 bridgehead atoms. The van der Waals surface area contributed by atoms with Crippen molar-refractivity contribution < 1.29 is 28.7 Å². The van der Waals surface area contributed by atoms with E-state index in [1.807, 2.05) is 0 Å². The molecule has 7 nitrogen and oxygen atoms in total. The summed E-state index contributed by atoms with van der Waals surface area (Å²) in [5.41, 5.74) is -0.155. The van der Waals surface area contributed by atoms with Gasteiger partial charge in [0.25, 0.3) is 0 Å². The van der Waals surface area contributed by atoms with Crippen LogP contribution in [-0.4, -0.2) is 43.4 Å². The van der Waals surface area contributed by atoms with E-state index in [-0.39, 0.29) is 18.5 Å². The number of ether oxygens (including phenoxy) is 2. The van der Waals surface area contributed by atoms with Gasteiger partial charge in [0.2, 0.25) is 0 Å². The van der Waals surface area contributed by atoms with Gasteiger partial charge in [-0.1, -0.05) is 0 Å². The number of hydrogen-bond acceptors (Lipinski definition) is 6. The smallest absolute Gasteiger partial charge is 0.411 e. The van der Waals surface area contributed by atoms with E-state index in [9.17, 15) is 14.2 Å². The number of amides is 1. The van der Waals surface area contributed by atoms with Crippen LogP contribution >= 0.6 is 7.80 Å². The second-order valence-electron chi connectivity index (χ2n) is 2.86. The van der Waals surface area contributed by atoms with Crippen LogP contribution in [0.25, 0.3) is 0 Å². The van der Waals surface area contributed by atoms with Crippen LogP contribution in [0.4, 0.5) is 4.79 Å². The first-order valence-corrected chi connectivity index (χ1v) is 6.72. The summed E-state index contributed by atoms with van der Waals surface area (Å²) in [6.45, 7) is 1.78. The van der Waals surface area contributed by atoms with Crippen molar-refractivity contribution in [2.24, 2.45) is 0 Å². The topological polar surface area (TPSA) is 102 Å². The largest absolute Gasteiger partial charge is 0.464 e. The number of esters is 1. The molecule has 8 heteroatoms. The third-order valence-electron chi connectivity index (χ3n) is 1.63. The first-order chi connectivity index (χ1) is 8.04. The van der Waals surface area contributed by atoms with Gasteiger partial charge in [-0.05, 0) is 13.0 Å². The number of aliphatic hydroxyl groups excluding tert-OH is 1. The van der Waals surface area contributed by atoms with Crippen LogP contribution in [0.1, 0.15) is 6.92 Å². The summed E-state index contributed by atoms with van der Waals surface area (Å²) in [7, 11) is -1.03. The van der Waals surface area contributed by atoms with Gasteiger partial charge in [0.1, 0.15) is 13.5 Å². The molecule has 0 aliphatic rings. The van der Waals surface area contributed by atoms with E-state index in [2.05, 4.69) is 14.8 Å². The number of alkyl carbamates (subject to hydrolysis) is 1. The number of aliphatic hydroxyl groups is 1. The molecule has 0 saturated carbocycles. The molecule has 0 heterocycles. The number of hydrogen-bond donors (Lipinski definition) is 2. The molecule has 17 heavy (non-hydrogen) atoms.